The lowest BCUT2D eigenvalue weighted by atomic mass is 10.0. The first kappa shape index (κ1) is 48.3. The number of benzene rings is 8. The van der Waals surface area contributed by atoms with Crippen molar-refractivity contribution >= 4 is 139 Å². The summed E-state index contributed by atoms with van der Waals surface area (Å²) in [7, 11) is 0. The Morgan fingerprint density at radius 2 is 0.391 bits per heavy atom. The second kappa shape index (κ2) is 54.3. The minimum atomic E-state index is -3.75. The molecule has 0 saturated carbocycles. The van der Waals surface area contributed by atoms with Crippen LogP contribution in [0.3, 0.4) is 0 Å². The molecule has 0 amide bonds. The Balaban J connectivity index is 0.00000113. The summed E-state index contributed by atoms with van der Waals surface area (Å²) in [6.45, 7) is -29.3. The van der Waals surface area contributed by atoms with Crippen LogP contribution in [0.5, 0.6) is 0 Å². The van der Waals surface area contributed by atoms with Crippen molar-refractivity contribution in [1.82, 2.24) is 42.5 Å². The summed E-state index contributed by atoms with van der Waals surface area (Å²) in [5.74, 6) is -8.11. The molecule has 0 aliphatic carbocycles. The van der Waals surface area contributed by atoms with Crippen molar-refractivity contribution in [3.8, 4) is 0 Å². The van der Waals surface area contributed by atoms with Gasteiger partial charge in [0.1, 0.15) is 0 Å². The van der Waals surface area contributed by atoms with Crippen molar-refractivity contribution in [2.24, 2.45) is 0 Å². The van der Waals surface area contributed by atoms with E-state index in [1.165, 1.54) is 107 Å². The molecule has 24 heteroatoms. The molecule has 0 fully saturated rings. The summed E-state index contributed by atoms with van der Waals surface area (Å²) >= 11 is 46.2. The van der Waals surface area contributed by atoms with Crippen molar-refractivity contribution in [3.63, 3.8) is 0 Å². The zero-order valence-electron chi connectivity index (χ0n) is 141. The van der Waals surface area contributed by atoms with Gasteiger partial charge in [0.25, 0.3) is 0 Å². The molecule has 0 heterocycles. The van der Waals surface area contributed by atoms with E-state index in [4.69, 9.17) is 187 Å². The largest absolute Gasteiger partial charge is 0.303 e. The average Bonchev–Trinajstić information content (AvgIpc) is 0.711. The molecule has 8 rings (SSSR count). The third-order valence-corrected chi connectivity index (χ3v) is 15.6. The first-order valence-corrected chi connectivity index (χ1v) is 39.7. The highest BCUT2D eigenvalue weighted by molar-refractivity contribution is 6.33. The average molecular weight is 1990 g/mol. The highest BCUT2D eigenvalue weighted by Crippen LogP contribution is 2.23. The van der Waals surface area contributed by atoms with Gasteiger partial charge in [-0.1, -0.05) is 190 Å². The number of carbonyl (C=O) groups excluding carboxylic acids is 8. The number of rotatable bonds is 24. The van der Waals surface area contributed by atoms with Gasteiger partial charge >= 0.3 is 0 Å². The first-order chi connectivity index (χ1) is 86.4. The highest BCUT2D eigenvalue weighted by atomic mass is 35.5. The summed E-state index contributed by atoms with van der Waals surface area (Å²) in [5.41, 5.74) is -21.8. The van der Waals surface area contributed by atoms with Crippen LogP contribution in [0.2, 0.25) is 40.2 Å². The Labute approximate surface area is 903 Å². The molecule has 8 aromatic rings. The lowest BCUT2D eigenvalue weighted by molar-refractivity contribution is 0.0929. The first-order valence-electron chi connectivity index (χ1n) is 71.2. The lowest BCUT2D eigenvalue weighted by Crippen LogP contribution is -2.46. The van der Waals surface area contributed by atoms with Gasteiger partial charge in [-0.15, -0.1) is 0 Å². The maximum atomic E-state index is 12.9. The summed E-state index contributed by atoms with van der Waals surface area (Å²) < 4.78 is 528. The van der Waals surface area contributed by atoms with Crippen LogP contribution in [0, 0.1) is 0 Å². The van der Waals surface area contributed by atoms with E-state index >= 15 is 0 Å². The molecule has 0 aliphatic rings. The number of halogens is 8. The molecule has 0 aliphatic heterocycles. The number of ketones is 8. The molecule has 704 valence electrons. The van der Waals surface area contributed by atoms with Crippen LogP contribution in [-0.4, -0.2) is 139 Å². The number of nitrogens with one attached hydrogen (secondary N) is 8. The Kier molecular flexibility index (Phi) is 20.5. The third kappa shape index (κ3) is 53.0. The van der Waals surface area contributed by atoms with Gasteiger partial charge < -0.3 is 42.5 Å². The second-order valence-electron chi connectivity index (χ2n) is 29.7. The molecule has 0 spiro atoms. The van der Waals surface area contributed by atoms with Crippen LogP contribution in [0.15, 0.2) is 194 Å². The summed E-state index contributed by atoms with van der Waals surface area (Å²) in [4.78, 5) is 101. The highest BCUT2D eigenvalue weighted by Gasteiger charge is 2.28. The van der Waals surface area contributed by atoms with Gasteiger partial charge in [-0.05, 0) is 317 Å². The number of hydrogen-bond acceptors (Lipinski definition) is 16. The summed E-state index contributed by atoms with van der Waals surface area (Å²) in [5, 5.41) is 16.3. The molecule has 128 heavy (non-hydrogen) atoms. The monoisotopic (exact) mass is 1980 g/mol. The zero-order valence-corrected chi connectivity index (χ0v) is 78.1. The smallest absolute Gasteiger partial charge is 0.179 e. The van der Waals surface area contributed by atoms with Crippen molar-refractivity contribution in [1.29, 1.82) is 0 Å². The normalized spacial score (nSPS) is 24.9. The lowest BCUT2D eigenvalue weighted by Gasteiger charge is -2.25. The number of Topliss-reactive ketones (excluding diaryl/α,β-unsaturated/α-hetero) is 8. The van der Waals surface area contributed by atoms with E-state index in [0.717, 1.165) is 27.7 Å². The van der Waals surface area contributed by atoms with Crippen LogP contribution in [0.25, 0.3) is 0 Å². The molecule has 0 saturated heterocycles. The van der Waals surface area contributed by atoms with Gasteiger partial charge in [-0.3, -0.25) is 38.4 Å². The zero-order chi connectivity index (χ0) is 158. The number of carbonyl (C=O) groups is 8. The van der Waals surface area contributed by atoms with Crippen molar-refractivity contribution in [3.05, 3.63) is 278 Å². The fourth-order valence-electron chi connectivity index (χ4n) is 9.42. The Morgan fingerprint density at radius 1 is 0.234 bits per heavy atom. The van der Waals surface area contributed by atoms with Crippen LogP contribution in [-0.2, 0) is 0 Å². The van der Waals surface area contributed by atoms with Crippen molar-refractivity contribution < 1.29 is 133 Å². The van der Waals surface area contributed by atoms with Gasteiger partial charge in [0.15, 0.2) is 46.3 Å². The second-order valence-corrected chi connectivity index (χ2v) is 32.9. The van der Waals surface area contributed by atoms with Gasteiger partial charge in [-0.25, -0.2) is 0 Å². The molecule has 16 nitrogen and oxygen atoms in total. The standard InChI is InChI=1S/8C13H18ClNO/c8*1-9(15-13(2,3)4)12(16)10-6-5-7-11(14)8-10/h8*5-9,15H,1-4H3/t5*9-;;;/m00000.../s1/i2D3,3D3,4D3,5D,6D,7D,8D,9D;5D,6D,7D,8D,9D;2D3,3D3,4D3,9D;2D3,3D3,9D;2D3,9D;2D3,3D3,4D3,5D,6D,7D,8D,9D;5D,6D,7D,8D,9D;2D3,3D3,4D3,9D. The quantitative estimate of drug-likeness (QED) is 0.0263. The van der Waals surface area contributed by atoms with E-state index in [1.54, 1.807) is 76.4 Å². The van der Waals surface area contributed by atoms with E-state index in [0.29, 0.717) is 18.9 Å². The van der Waals surface area contributed by atoms with Crippen LogP contribution in [0.4, 0.5) is 0 Å². The summed E-state index contributed by atoms with van der Waals surface area (Å²) in [6, 6.07) is -6.73. The summed E-state index contributed by atoms with van der Waals surface area (Å²) in [6.07, 6.45) is 0. The molecule has 8 atom stereocenters. The fourth-order valence-corrected chi connectivity index (χ4v) is 10.7. The van der Waals surface area contributed by atoms with Gasteiger partial charge in [0, 0.05) is 191 Å². The molecule has 8 N–H and O–H groups in total. The molecule has 0 radical (unpaired) electrons. The molecule has 3 unspecified atom stereocenters. The maximum Gasteiger partial charge on any atom is 0.179 e. The van der Waals surface area contributed by atoms with Crippen molar-refractivity contribution in [2.75, 3.05) is 0 Å². The van der Waals surface area contributed by atoms with Crippen molar-refractivity contribution in [2.45, 2.75) is 313 Å². The third-order valence-electron chi connectivity index (χ3n) is 13.9. The predicted molar refractivity (Wildman–Crippen MR) is 545 cm³/mol. The Morgan fingerprint density at radius 3 is 0.555 bits per heavy atom. The molecular weight excluding hydrogens is 1770 g/mol. The topological polar surface area (TPSA) is 233 Å². The van der Waals surface area contributed by atoms with E-state index in [1.807, 2.05) is 10.6 Å². The molecule has 0 aromatic heterocycles. The molecular formula is C104H144Cl8N8O8. The van der Waals surface area contributed by atoms with Gasteiger partial charge in [0.2, 0.25) is 0 Å². The molecule has 8 aromatic carbocycles. The van der Waals surface area contributed by atoms with Crippen LogP contribution < -0.4 is 42.5 Å². The SMILES string of the molecule is [2H]C(C)(NC(C([2H])([2H])[2H])(C([2H])([2H])[2H])C([2H])([2H])[2H])C(=O)c1cccc(Cl)c1.[2H]C([2H])([2H])C(C)(C)N[C@@]([2H])(C)C(=O)c1cccc(Cl)c1.[2H]C([2H])([2H])C(C)(N[C@@]([2H])(C)C(=O)c1cccc(Cl)c1)C([2H])([2H])[2H].[2H]C([2H])([2H])C(N[C@@]([2H])(C)C(=O)c1cccc(Cl)c1)(C([2H])([2H])[2H])C([2H])([2H])[2H].[2H]c1c([2H])c(Cl)c([2H])c(C(=O)C([2H])(C)NC(C([2H])([2H])[2H])(C([2H])([2H])[2H])C([2H])([2H])[2H])c1[2H].[2H]c1c([2H])c(Cl)c([2H])c(C(=O)C([2H])(C)NC(C)(C)C)c1[2H].[2H]c1c([2H])c(Cl)c([2H])c(C(=O)[C@]([2H])(C)NC(C([2H])([2H])[2H])(C([2H])([2H])[2H])C([2H])([2H])[2H])c1[2H].[2H]c1c([2H])c(Cl)c([2H])c(C(=O)[C@]([2H])(C)NC(C)(C)C)c1[2H]. The Bertz CT molecular complexity index is 7500. The number of hydrogen-bond donors (Lipinski definition) is 8. The van der Waals surface area contributed by atoms with E-state index in [-0.39, 0.29) is 47.4 Å². The van der Waals surface area contributed by atoms with Crippen LogP contribution >= 0.6 is 92.8 Å². The van der Waals surface area contributed by atoms with E-state index in [9.17, 15) is 38.4 Å². The van der Waals surface area contributed by atoms with Gasteiger partial charge in [-0.2, -0.15) is 0 Å². The molecule has 0 bridgehead atoms. The minimum absolute atomic E-state index is 0.0842. The van der Waals surface area contributed by atoms with E-state index < -0.39 is 370 Å². The minimum Gasteiger partial charge on any atom is -0.303 e. The van der Waals surface area contributed by atoms with Gasteiger partial charge in [0.05, 0.1) is 81.0 Å². The van der Waals surface area contributed by atoms with E-state index in [2.05, 4.69) is 21.3 Å². The van der Waals surface area contributed by atoms with Crippen LogP contribution in [0.1, 0.15) is 398 Å². The predicted octanol–water partition coefficient (Wildman–Crippen LogP) is 26.4. The fraction of sp³-hybridized carbons (Fsp3) is 0.462. The Hall–Kier alpha value is -6.88. The maximum absolute atomic E-state index is 12.9.